The van der Waals surface area contributed by atoms with Crippen LogP contribution < -0.4 is 0 Å². The number of unbranched alkanes of at least 4 members (excludes halogenated alkanes) is 16. The van der Waals surface area contributed by atoms with Gasteiger partial charge in [-0.25, -0.2) is 0 Å². The van der Waals surface area contributed by atoms with Crippen molar-refractivity contribution in [2.75, 3.05) is 0 Å². The molecule has 0 bridgehead atoms. The van der Waals surface area contributed by atoms with Crippen LogP contribution in [0.25, 0.3) is 0 Å². The predicted octanol–water partition coefficient (Wildman–Crippen LogP) is 9.73. The molecule has 0 spiro atoms. The third-order valence-electron chi connectivity index (χ3n) is 4.89. The van der Waals surface area contributed by atoms with Gasteiger partial charge >= 0.3 is 0 Å². The molecule has 2 N–H and O–H groups in total. The summed E-state index contributed by atoms with van der Waals surface area (Å²) < 4.78 is 0. The fourth-order valence-electron chi connectivity index (χ4n) is 3.09. The van der Waals surface area contributed by atoms with E-state index in [9.17, 15) is 0 Å². The number of allylic oxidation sites excluding steroid dienone is 4. The molecule has 0 aliphatic heterocycles. The summed E-state index contributed by atoms with van der Waals surface area (Å²) in [5.74, 6) is 0. The zero-order valence-electron chi connectivity index (χ0n) is 19.1. The Kier molecular flexibility index (Phi) is 31.7. The van der Waals surface area contributed by atoms with Crippen LogP contribution in [-0.4, -0.2) is 10.2 Å². The zero-order chi connectivity index (χ0) is 21.0. The minimum atomic E-state index is 1.03. The molecule has 0 heterocycles. The van der Waals surface area contributed by atoms with Gasteiger partial charge in [0.25, 0.3) is 0 Å². The molecule has 0 rings (SSSR count). The van der Waals surface area contributed by atoms with Crippen LogP contribution in [0.4, 0.5) is 0 Å². The van der Waals surface area contributed by atoms with Gasteiger partial charge in [-0.05, 0) is 31.8 Å². The largest absolute Gasteiger partial charge is 0.516 e. The highest BCUT2D eigenvalue weighted by molar-refractivity contribution is 4.98. The molecule has 0 aromatic carbocycles. The zero-order valence-corrected chi connectivity index (χ0v) is 19.1. The SMILES string of the molecule is CCCCCCCC/C=C\C=C\O.CCCCCCCCCCCC/C=C/O. The first-order valence-corrected chi connectivity index (χ1v) is 12.1. The van der Waals surface area contributed by atoms with Crippen LogP contribution in [0.3, 0.4) is 0 Å². The second kappa shape index (κ2) is 30.5. The maximum atomic E-state index is 8.43. The van der Waals surface area contributed by atoms with E-state index in [0.717, 1.165) is 25.4 Å². The smallest absolute Gasteiger partial charge is 0.0791 e. The van der Waals surface area contributed by atoms with E-state index < -0.39 is 0 Å². The van der Waals surface area contributed by atoms with E-state index in [1.54, 1.807) is 6.08 Å². The molecule has 0 aliphatic rings. The lowest BCUT2D eigenvalue weighted by Crippen LogP contribution is -1.81. The molecule has 0 atom stereocenters. The molecule has 2 nitrogen and oxygen atoms in total. The van der Waals surface area contributed by atoms with Crippen LogP contribution in [0.15, 0.2) is 36.8 Å². The second-order valence-electron chi connectivity index (χ2n) is 7.68. The second-order valence-corrected chi connectivity index (χ2v) is 7.68. The Morgan fingerprint density at radius 1 is 0.429 bits per heavy atom. The van der Waals surface area contributed by atoms with E-state index in [-0.39, 0.29) is 0 Å². The Morgan fingerprint density at radius 3 is 1.21 bits per heavy atom. The van der Waals surface area contributed by atoms with Crippen LogP contribution in [0, 0.1) is 0 Å². The van der Waals surface area contributed by atoms with Gasteiger partial charge in [0, 0.05) is 0 Å². The summed E-state index contributed by atoms with van der Waals surface area (Å²) in [6.45, 7) is 4.50. The van der Waals surface area contributed by atoms with E-state index in [0.29, 0.717) is 0 Å². The molecule has 0 amide bonds. The van der Waals surface area contributed by atoms with Gasteiger partial charge in [-0.15, -0.1) is 0 Å². The summed E-state index contributed by atoms with van der Waals surface area (Å²) in [5, 5.41) is 16.8. The third kappa shape index (κ3) is 32.5. The molecule has 0 aromatic heterocycles. The van der Waals surface area contributed by atoms with E-state index in [1.165, 1.54) is 103 Å². The summed E-state index contributed by atoms with van der Waals surface area (Å²) in [5.41, 5.74) is 0. The van der Waals surface area contributed by atoms with Gasteiger partial charge in [0.2, 0.25) is 0 Å². The Labute approximate surface area is 176 Å². The first kappa shape index (κ1) is 29.0. The number of hydrogen-bond acceptors (Lipinski definition) is 2. The van der Waals surface area contributed by atoms with E-state index in [1.807, 2.05) is 12.2 Å². The Balaban J connectivity index is 0. The average molecular weight is 395 g/mol. The van der Waals surface area contributed by atoms with Crippen molar-refractivity contribution >= 4 is 0 Å². The van der Waals surface area contributed by atoms with E-state index in [2.05, 4.69) is 19.9 Å². The molecule has 0 aliphatic carbocycles. The molecular weight excluding hydrogens is 344 g/mol. The summed E-state index contributed by atoms with van der Waals surface area (Å²) >= 11 is 0. The van der Waals surface area contributed by atoms with Crippen molar-refractivity contribution in [2.24, 2.45) is 0 Å². The summed E-state index contributed by atoms with van der Waals surface area (Å²) in [6, 6.07) is 0. The molecule has 0 fully saturated rings. The molecule has 166 valence electrons. The molecule has 2 heteroatoms. The fraction of sp³-hybridized carbons (Fsp3) is 0.769. The molecule has 0 aromatic rings. The van der Waals surface area contributed by atoms with Crippen LogP contribution in [0.5, 0.6) is 0 Å². The topological polar surface area (TPSA) is 40.5 Å². The van der Waals surface area contributed by atoms with Crippen LogP contribution in [0.1, 0.15) is 129 Å². The van der Waals surface area contributed by atoms with Gasteiger partial charge in [0.05, 0.1) is 12.5 Å². The van der Waals surface area contributed by atoms with E-state index >= 15 is 0 Å². The molecular formula is C26H50O2. The molecule has 28 heavy (non-hydrogen) atoms. The normalized spacial score (nSPS) is 11.5. The number of aliphatic hydroxyl groups is 2. The van der Waals surface area contributed by atoms with Crippen LogP contribution in [0.2, 0.25) is 0 Å². The van der Waals surface area contributed by atoms with Crippen molar-refractivity contribution in [3.8, 4) is 0 Å². The van der Waals surface area contributed by atoms with Crippen molar-refractivity contribution in [3.05, 3.63) is 36.8 Å². The summed E-state index contributed by atoms with van der Waals surface area (Å²) in [4.78, 5) is 0. The Hall–Kier alpha value is -1.18. The average Bonchev–Trinajstić information content (AvgIpc) is 2.71. The van der Waals surface area contributed by atoms with Crippen molar-refractivity contribution in [1.82, 2.24) is 0 Å². The van der Waals surface area contributed by atoms with Crippen LogP contribution >= 0.6 is 0 Å². The van der Waals surface area contributed by atoms with Crippen LogP contribution in [-0.2, 0) is 0 Å². The first-order valence-electron chi connectivity index (χ1n) is 12.1. The lowest BCUT2D eigenvalue weighted by molar-refractivity contribution is 0.469. The van der Waals surface area contributed by atoms with Gasteiger partial charge in [-0.1, -0.05) is 122 Å². The van der Waals surface area contributed by atoms with Gasteiger partial charge in [0.15, 0.2) is 0 Å². The highest BCUT2D eigenvalue weighted by atomic mass is 16.2. The lowest BCUT2D eigenvalue weighted by atomic mass is 10.1. The fourth-order valence-corrected chi connectivity index (χ4v) is 3.09. The van der Waals surface area contributed by atoms with Crippen molar-refractivity contribution in [2.45, 2.75) is 129 Å². The predicted molar refractivity (Wildman–Crippen MR) is 127 cm³/mol. The minimum Gasteiger partial charge on any atom is -0.516 e. The van der Waals surface area contributed by atoms with Crippen molar-refractivity contribution < 1.29 is 10.2 Å². The Bertz CT molecular complexity index is 331. The van der Waals surface area contributed by atoms with Crippen molar-refractivity contribution in [3.63, 3.8) is 0 Å². The molecule has 0 unspecified atom stereocenters. The van der Waals surface area contributed by atoms with Gasteiger partial charge in [0.1, 0.15) is 0 Å². The molecule has 0 radical (unpaired) electrons. The quantitative estimate of drug-likeness (QED) is 0.130. The molecule has 0 saturated heterocycles. The first-order chi connectivity index (χ1) is 13.8. The monoisotopic (exact) mass is 394 g/mol. The standard InChI is InChI=1S/C14H28O.C12H22O/c1-2-3-4-5-6-7-8-9-10-11-12-13-14-15;1-2-3-4-5-6-7-8-9-10-11-12-13/h13-15H,2-12H2,1H3;9-13H,2-8H2,1H3/b14-13+;10-9-,12-11+. The minimum absolute atomic E-state index is 1.03. The summed E-state index contributed by atoms with van der Waals surface area (Å²) in [6.07, 6.45) is 33.7. The van der Waals surface area contributed by atoms with E-state index in [4.69, 9.17) is 10.2 Å². The van der Waals surface area contributed by atoms with Gasteiger partial charge < -0.3 is 10.2 Å². The van der Waals surface area contributed by atoms with Gasteiger partial charge in [-0.3, -0.25) is 0 Å². The highest BCUT2D eigenvalue weighted by Crippen LogP contribution is 2.11. The van der Waals surface area contributed by atoms with Crippen molar-refractivity contribution in [1.29, 1.82) is 0 Å². The lowest BCUT2D eigenvalue weighted by Gasteiger charge is -2.00. The summed E-state index contributed by atoms with van der Waals surface area (Å²) in [7, 11) is 0. The number of rotatable bonds is 19. The number of aliphatic hydroxyl groups excluding tert-OH is 2. The maximum Gasteiger partial charge on any atom is 0.0791 e. The maximum absolute atomic E-state index is 8.43. The number of hydrogen-bond donors (Lipinski definition) is 2. The highest BCUT2D eigenvalue weighted by Gasteiger charge is 1.91. The third-order valence-corrected chi connectivity index (χ3v) is 4.89. The van der Waals surface area contributed by atoms with Gasteiger partial charge in [-0.2, -0.15) is 0 Å². The Morgan fingerprint density at radius 2 is 0.821 bits per heavy atom. The molecule has 0 saturated carbocycles.